The first kappa shape index (κ1) is 20.8. The Labute approximate surface area is 188 Å². The summed E-state index contributed by atoms with van der Waals surface area (Å²) < 4.78 is 27.2. The van der Waals surface area contributed by atoms with Gasteiger partial charge in [0.25, 0.3) is 11.8 Å². The fraction of sp³-hybridized carbons (Fsp3) is 0.160. The van der Waals surface area contributed by atoms with E-state index in [4.69, 9.17) is 0 Å². The quantitative estimate of drug-likeness (QED) is 0.655. The van der Waals surface area contributed by atoms with Crippen LogP contribution in [0.1, 0.15) is 28.8 Å². The first-order valence-corrected chi connectivity index (χ1v) is 10.5. The molecule has 2 aliphatic heterocycles. The van der Waals surface area contributed by atoms with E-state index in [1.54, 1.807) is 24.3 Å². The highest BCUT2D eigenvalue weighted by Crippen LogP contribution is 2.45. The van der Waals surface area contributed by atoms with E-state index in [1.807, 2.05) is 30.3 Å². The number of amides is 3. The molecule has 3 amide bonds. The molecule has 2 heterocycles. The van der Waals surface area contributed by atoms with Crippen LogP contribution in [0.15, 0.2) is 72.8 Å². The molecule has 0 spiro atoms. The third-order valence-electron chi connectivity index (χ3n) is 6.10. The number of carbonyl (C=O) groups is 3. The maximum absolute atomic E-state index is 13.8. The van der Waals surface area contributed by atoms with E-state index in [2.05, 4.69) is 5.32 Å². The van der Waals surface area contributed by atoms with Crippen molar-refractivity contribution >= 4 is 29.1 Å². The van der Waals surface area contributed by atoms with E-state index in [0.29, 0.717) is 11.3 Å². The van der Waals surface area contributed by atoms with Gasteiger partial charge in [0.1, 0.15) is 0 Å². The number of para-hydroxylation sites is 1. The lowest BCUT2D eigenvalue weighted by atomic mass is 9.94. The number of nitrogens with one attached hydrogen (secondary N) is 1. The van der Waals surface area contributed by atoms with Crippen LogP contribution in [0.3, 0.4) is 0 Å². The van der Waals surface area contributed by atoms with E-state index >= 15 is 0 Å². The second-order valence-corrected chi connectivity index (χ2v) is 8.02. The van der Waals surface area contributed by atoms with Gasteiger partial charge >= 0.3 is 0 Å². The van der Waals surface area contributed by atoms with Crippen LogP contribution >= 0.6 is 0 Å². The normalized spacial score (nSPS) is 19.3. The van der Waals surface area contributed by atoms with Gasteiger partial charge in [-0.25, -0.2) is 8.78 Å². The van der Waals surface area contributed by atoms with Crippen LogP contribution in [0.4, 0.5) is 20.2 Å². The molecular weight excluding hydrogens is 428 g/mol. The Kier molecular flexibility index (Phi) is 4.92. The van der Waals surface area contributed by atoms with Crippen molar-refractivity contribution in [3.63, 3.8) is 0 Å². The Hall–Kier alpha value is -4.07. The molecule has 0 aliphatic carbocycles. The van der Waals surface area contributed by atoms with Gasteiger partial charge in [0.05, 0.1) is 11.3 Å². The average Bonchev–Trinajstić information content (AvgIpc) is 3.18. The van der Waals surface area contributed by atoms with Gasteiger partial charge in [-0.05, 0) is 29.8 Å². The Balaban J connectivity index is 1.64. The number of fused-ring (bicyclic) bond motifs is 3. The molecule has 6 nitrogen and oxygen atoms in total. The van der Waals surface area contributed by atoms with Crippen molar-refractivity contribution in [2.75, 3.05) is 10.2 Å². The Morgan fingerprint density at radius 3 is 2.42 bits per heavy atom. The largest absolute Gasteiger partial charge is 0.322 e. The predicted octanol–water partition coefficient (Wildman–Crippen LogP) is 4.08. The minimum absolute atomic E-state index is 0.0264. The number of rotatable bonds is 4. The smallest absolute Gasteiger partial charge is 0.271 e. The van der Waals surface area contributed by atoms with Crippen LogP contribution in [-0.4, -0.2) is 28.3 Å². The Morgan fingerprint density at radius 1 is 0.939 bits per heavy atom. The molecule has 1 saturated heterocycles. The fourth-order valence-electron chi connectivity index (χ4n) is 4.57. The summed E-state index contributed by atoms with van der Waals surface area (Å²) >= 11 is 0. The van der Waals surface area contributed by atoms with E-state index in [0.717, 1.165) is 17.7 Å². The summed E-state index contributed by atoms with van der Waals surface area (Å²) in [4.78, 5) is 43.2. The summed E-state index contributed by atoms with van der Waals surface area (Å²) in [6, 6.07) is 18.8. The summed E-state index contributed by atoms with van der Waals surface area (Å²) in [5.41, 5.74) is -0.166. The molecule has 2 aliphatic rings. The maximum Gasteiger partial charge on any atom is 0.271 e. The maximum atomic E-state index is 13.8. The van der Waals surface area contributed by atoms with Crippen molar-refractivity contribution in [1.82, 2.24) is 4.90 Å². The minimum atomic E-state index is -1.65. The monoisotopic (exact) mass is 447 g/mol. The second-order valence-electron chi connectivity index (χ2n) is 8.02. The lowest BCUT2D eigenvalue weighted by molar-refractivity contribution is -0.129. The Morgan fingerprint density at radius 2 is 1.67 bits per heavy atom. The molecule has 3 aromatic carbocycles. The molecule has 166 valence electrons. The van der Waals surface area contributed by atoms with Crippen molar-refractivity contribution in [3.05, 3.63) is 95.6 Å². The first-order chi connectivity index (χ1) is 15.9. The molecule has 0 aromatic heterocycles. The summed E-state index contributed by atoms with van der Waals surface area (Å²) in [6.07, 6.45) is 0.117. The van der Waals surface area contributed by atoms with Gasteiger partial charge in [-0.15, -0.1) is 0 Å². The van der Waals surface area contributed by atoms with Crippen LogP contribution < -0.4 is 10.2 Å². The standard InChI is InChI=1S/C25H19F2N3O3/c26-19-11-10-17(14-20(19)27)28-24(33)25-13-12-22(31)30(25)21-9-5-4-8-18(21)23(32)29(25)15-16-6-2-1-3-7-16/h1-11,14H,12-13,15H2,(H,28,33)/t25-/m1/s1. The summed E-state index contributed by atoms with van der Waals surface area (Å²) in [5.74, 6) is -3.51. The molecule has 5 rings (SSSR count). The van der Waals surface area contributed by atoms with Gasteiger partial charge in [0.15, 0.2) is 11.6 Å². The van der Waals surface area contributed by atoms with Crippen LogP contribution in [0.5, 0.6) is 0 Å². The number of benzene rings is 3. The number of nitrogens with zero attached hydrogens (tertiary/aromatic N) is 2. The van der Waals surface area contributed by atoms with Crippen LogP contribution in [0.2, 0.25) is 0 Å². The van der Waals surface area contributed by atoms with Gasteiger partial charge in [-0.1, -0.05) is 42.5 Å². The highest BCUT2D eigenvalue weighted by Gasteiger charge is 2.60. The number of halogens is 2. The van der Waals surface area contributed by atoms with Gasteiger partial charge in [0, 0.05) is 31.1 Å². The summed E-state index contributed by atoms with van der Waals surface area (Å²) in [7, 11) is 0. The Bertz CT molecular complexity index is 1280. The molecule has 33 heavy (non-hydrogen) atoms. The van der Waals surface area contributed by atoms with Gasteiger partial charge < -0.3 is 10.2 Å². The van der Waals surface area contributed by atoms with E-state index in [-0.39, 0.29) is 36.9 Å². The van der Waals surface area contributed by atoms with Crippen molar-refractivity contribution < 1.29 is 23.2 Å². The topological polar surface area (TPSA) is 69.7 Å². The van der Waals surface area contributed by atoms with Gasteiger partial charge in [-0.3, -0.25) is 19.3 Å². The van der Waals surface area contributed by atoms with Crippen molar-refractivity contribution in [2.24, 2.45) is 0 Å². The second kappa shape index (κ2) is 7.81. The highest BCUT2D eigenvalue weighted by molar-refractivity contribution is 6.18. The SMILES string of the molecule is O=C1c2ccccc2N2C(=O)CC[C@@]2(C(=O)Nc2ccc(F)c(F)c2)N1Cc1ccccc1. The van der Waals surface area contributed by atoms with Gasteiger partial charge in [-0.2, -0.15) is 0 Å². The predicted molar refractivity (Wildman–Crippen MR) is 117 cm³/mol. The van der Waals surface area contributed by atoms with Crippen molar-refractivity contribution in [3.8, 4) is 0 Å². The lowest BCUT2D eigenvalue weighted by Crippen LogP contribution is -2.69. The lowest BCUT2D eigenvalue weighted by Gasteiger charge is -2.49. The zero-order valence-electron chi connectivity index (χ0n) is 17.4. The third-order valence-corrected chi connectivity index (χ3v) is 6.10. The summed E-state index contributed by atoms with van der Waals surface area (Å²) in [6.45, 7) is 0.0863. The molecule has 3 aromatic rings. The van der Waals surface area contributed by atoms with Crippen LogP contribution in [0.25, 0.3) is 0 Å². The number of hydrogen-bond donors (Lipinski definition) is 1. The van der Waals surface area contributed by atoms with Gasteiger partial charge in [0.2, 0.25) is 11.6 Å². The summed E-state index contributed by atoms with van der Waals surface area (Å²) in [5, 5.41) is 2.60. The third kappa shape index (κ3) is 3.26. The molecular formula is C25H19F2N3O3. The first-order valence-electron chi connectivity index (χ1n) is 10.5. The molecule has 1 atom stereocenters. The van der Waals surface area contributed by atoms with E-state index < -0.39 is 23.2 Å². The molecule has 0 unspecified atom stereocenters. The fourth-order valence-corrected chi connectivity index (χ4v) is 4.57. The molecule has 0 saturated carbocycles. The number of hydrogen-bond acceptors (Lipinski definition) is 3. The molecule has 1 fully saturated rings. The van der Waals surface area contributed by atoms with Crippen molar-refractivity contribution in [2.45, 2.75) is 25.0 Å². The number of anilines is 2. The zero-order chi connectivity index (χ0) is 23.2. The average molecular weight is 447 g/mol. The minimum Gasteiger partial charge on any atom is -0.322 e. The zero-order valence-corrected chi connectivity index (χ0v) is 17.4. The molecule has 0 bridgehead atoms. The van der Waals surface area contributed by atoms with Crippen molar-refractivity contribution in [1.29, 1.82) is 0 Å². The molecule has 1 N–H and O–H groups in total. The van der Waals surface area contributed by atoms with E-state index in [1.165, 1.54) is 15.9 Å². The van der Waals surface area contributed by atoms with Crippen LogP contribution in [-0.2, 0) is 16.1 Å². The highest BCUT2D eigenvalue weighted by atomic mass is 19.2. The number of carbonyl (C=O) groups excluding carboxylic acids is 3. The van der Waals surface area contributed by atoms with E-state index in [9.17, 15) is 23.2 Å². The van der Waals surface area contributed by atoms with Crippen LogP contribution in [0, 0.1) is 11.6 Å². The molecule has 8 heteroatoms. The molecule has 0 radical (unpaired) electrons.